The molecule has 2 rings (SSSR count). The van der Waals surface area contributed by atoms with Crippen molar-refractivity contribution < 1.29 is 0 Å². The van der Waals surface area contributed by atoms with Crippen LogP contribution in [0.15, 0.2) is 17.5 Å². The lowest BCUT2D eigenvalue weighted by Crippen LogP contribution is -2.58. The fourth-order valence-electron chi connectivity index (χ4n) is 2.76. The van der Waals surface area contributed by atoms with Crippen LogP contribution in [0.1, 0.15) is 11.3 Å². The molecule has 4 heteroatoms. The van der Waals surface area contributed by atoms with Gasteiger partial charge in [-0.2, -0.15) is 0 Å². The van der Waals surface area contributed by atoms with Crippen molar-refractivity contribution in [3.8, 4) is 0 Å². The maximum absolute atomic E-state index is 3.52. The average Bonchev–Trinajstić information content (AvgIpc) is 2.87. The second kappa shape index (κ2) is 6.66. The van der Waals surface area contributed by atoms with Gasteiger partial charge in [0.25, 0.3) is 0 Å². The molecule has 0 spiro atoms. The van der Waals surface area contributed by atoms with Gasteiger partial charge in [-0.25, -0.2) is 0 Å². The molecule has 1 aliphatic heterocycles. The van der Waals surface area contributed by atoms with E-state index in [1.165, 1.54) is 37.4 Å². The van der Waals surface area contributed by atoms with Crippen LogP contribution in [-0.2, 0) is 6.42 Å². The van der Waals surface area contributed by atoms with E-state index in [0.717, 1.165) is 0 Å². The highest BCUT2D eigenvalue weighted by Gasteiger charge is 2.28. The monoisotopic (exact) mass is 267 g/mol. The van der Waals surface area contributed by atoms with Gasteiger partial charge in [0.05, 0.1) is 0 Å². The van der Waals surface area contributed by atoms with Crippen LogP contribution in [0, 0.1) is 0 Å². The summed E-state index contributed by atoms with van der Waals surface area (Å²) in [6, 6.07) is 5.61. The molecule has 2 atom stereocenters. The zero-order valence-corrected chi connectivity index (χ0v) is 12.5. The Morgan fingerprint density at radius 2 is 2.28 bits per heavy atom. The largest absolute Gasteiger partial charge is 0.315 e. The molecule has 3 nitrogen and oxygen atoms in total. The van der Waals surface area contributed by atoms with E-state index in [1.54, 1.807) is 0 Å². The van der Waals surface area contributed by atoms with Crippen LogP contribution < -0.4 is 5.32 Å². The number of aryl methyl sites for hydroxylation is 1. The summed E-state index contributed by atoms with van der Waals surface area (Å²) >= 11 is 1.87. The zero-order valence-electron chi connectivity index (χ0n) is 11.7. The van der Waals surface area contributed by atoms with Crippen LogP contribution in [0.3, 0.4) is 0 Å². The van der Waals surface area contributed by atoms with Gasteiger partial charge in [0, 0.05) is 36.6 Å². The van der Waals surface area contributed by atoms with E-state index in [4.69, 9.17) is 0 Å². The number of thiophene rings is 1. The standard InChI is InChI=1S/C14H25N3S/c1-15-13(7-6-12-5-4-10-18-12)14-11-16(2)8-9-17(14)3/h4-5,10,13-15H,6-9,11H2,1-3H3. The first-order valence-electron chi connectivity index (χ1n) is 6.79. The number of nitrogens with zero attached hydrogens (tertiary/aromatic N) is 2. The van der Waals surface area contributed by atoms with Crippen LogP contribution in [-0.4, -0.2) is 62.7 Å². The van der Waals surface area contributed by atoms with Crippen molar-refractivity contribution in [2.75, 3.05) is 40.8 Å². The molecule has 0 radical (unpaired) electrons. The van der Waals surface area contributed by atoms with Crippen LogP contribution in [0.25, 0.3) is 0 Å². The summed E-state index contributed by atoms with van der Waals surface area (Å²) < 4.78 is 0. The zero-order chi connectivity index (χ0) is 13.0. The van der Waals surface area contributed by atoms with E-state index >= 15 is 0 Å². The predicted molar refractivity (Wildman–Crippen MR) is 79.4 cm³/mol. The molecular weight excluding hydrogens is 242 g/mol. The van der Waals surface area contributed by atoms with Gasteiger partial charge >= 0.3 is 0 Å². The van der Waals surface area contributed by atoms with Crippen molar-refractivity contribution in [1.29, 1.82) is 0 Å². The first-order valence-corrected chi connectivity index (χ1v) is 7.67. The van der Waals surface area contributed by atoms with Crippen molar-refractivity contribution in [1.82, 2.24) is 15.1 Å². The molecule has 0 saturated carbocycles. The van der Waals surface area contributed by atoms with Crippen LogP contribution in [0.4, 0.5) is 0 Å². The molecule has 2 unspecified atom stereocenters. The molecule has 1 aromatic rings. The fourth-order valence-corrected chi connectivity index (χ4v) is 3.49. The van der Waals surface area contributed by atoms with Crippen molar-refractivity contribution >= 4 is 11.3 Å². The minimum absolute atomic E-state index is 0.583. The first kappa shape index (κ1) is 14.0. The quantitative estimate of drug-likeness (QED) is 0.872. The molecule has 0 bridgehead atoms. The first-order chi connectivity index (χ1) is 8.70. The predicted octanol–water partition coefficient (Wildman–Crippen LogP) is 1.51. The van der Waals surface area contributed by atoms with Gasteiger partial charge in [-0.1, -0.05) is 6.07 Å². The topological polar surface area (TPSA) is 18.5 Å². The Labute approximate surface area is 115 Å². The highest BCUT2D eigenvalue weighted by atomic mass is 32.1. The van der Waals surface area contributed by atoms with Gasteiger partial charge < -0.3 is 10.2 Å². The van der Waals surface area contributed by atoms with E-state index in [2.05, 4.69) is 53.8 Å². The summed E-state index contributed by atoms with van der Waals surface area (Å²) in [7, 11) is 6.58. The van der Waals surface area contributed by atoms with E-state index in [9.17, 15) is 0 Å². The maximum Gasteiger partial charge on any atom is 0.0373 e. The molecule has 1 saturated heterocycles. The maximum atomic E-state index is 3.52. The van der Waals surface area contributed by atoms with Gasteiger partial charge in [0.1, 0.15) is 0 Å². The summed E-state index contributed by atoms with van der Waals surface area (Å²) in [6.45, 7) is 3.54. The Balaban J connectivity index is 1.90. The lowest BCUT2D eigenvalue weighted by Gasteiger charge is -2.42. The molecule has 1 aliphatic rings. The molecule has 0 aromatic carbocycles. The number of piperazine rings is 1. The molecule has 0 aliphatic carbocycles. The molecule has 1 fully saturated rings. The fraction of sp³-hybridized carbons (Fsp3) is 0.714. The van der Waals surface area contributed by atoms with E-state index in [1.807, 2.05) is 11.3 Å². The van der Waals surface area contributed by atoms with Crippen LogP contribution in [0.5, 0.6) is 0 Å². The van der Waals surface area contributed by atoms with Crippen LogP contribution in [0.2, 0.25) is 0 Å². The Morgan fingerprint density at radius 3 is 2.94 bits per heavy atom. The van der Waals surface area contributed by atoms with Gasteiger partial charge in [0.15, 0.2) is 0 Å². The third kappa shape index (κ3) is 3.54. The number of rotatable bonds is 5. The van der Waals surface area contributed by atoms with Crippen LogP contribution >= 0.6 is 11.3 Å². The van der Waals surface area contributed by atoms with E-state index in [-0.39, 0.29) is 0 Å². The summed E-state index contributed by atoms with van der Waals surface area (Å²) in [5.41, 5.74) is 0. The summed E-state index contributed by atoms with van der Waals surface area (Å²) in [4.78, 5) is 6.46. The summed E-state index contributed by atoms with van der Waals surface area (Å²) in [5.74, 6) is 0. The SMILES string of the molecule is CNC(CCc1cccs1)C1CN(C)CCN1C. The van der Waals surface area contributed by atoms with Crippen molar-refractivity contribution in [2.24, 2.45) is 0 Å². The summed E-state index contributed by atoms with van der Waals surface area (Å²) in [5, 5.41) is 5.69. The van der Waals surface area contributed by atoms with Gasteiger partial charge in [0.2, 0.25) is 0 Å². The number of hydrogen-bond acceptors (Lipinski definition) is 4. The van der Waals surface area contributed by atoms with Gasteiger partial charge in [-0.3, -0.25) is 4.90 Å². The molecule has 18 heavy (non-hydrogen) atoms. The Hall–Kier alpha value is -0.420. The highest BCUT2D eigenvalue weighted by Crippen LogP contribution is 2.17. The minimum Gasteiger partial charge on any atom is -0.315 e. The van der Waals surface area contributed by atoms with Crippen molar-refractivity contribution in [2.45, 2.75) is 24.9 Å². The van der Waals surface area contributed by atoms with Gasteiger partial charge in [-0.15, -0.1) is 11.3 Å². The Morgan fingerprint density at radius 1 is 1.44 bits per heavy atom. The second-order valence-electron chi connectivity index (χ2n) is 5.32. The van der Waals surface area contributed by atoms with Crippen molar-refractivity contribution in [3.05, 3.63) is 22.4 Å². The second-order valence-corrected chi connectivity index (χ2v) is 6.36. The third-order valence-corrected chi connectivity index (χ3v) is 4.95. The van der Waals surface area contributed by atoms with E-state index < -0.39 is 0 Å². The number of likely N-dealkylation sites (N-methyl/N-ethyl adjacent to an activating group) is 3. The molecule has 102 valence electrons. The van der Waals surface area contributed by atoms with E-state index in [0.29, 0.717) is 12.1 Å². The normalized spacial score (nSPS) is 24.3. The molecule has 1 aromatic heterocycles. The number of hydrogen-bond donors (Lipinski definition) is 1. The summed E-state index contributed by atoms with van der Waals surface area (Å²) in [6.07, 6.45) is 2.41. The number of nitrogens with one attached hydrogen (secondary N) is 1. The molecule has 1 N–H and O–H groups in total. The smallest absolute Gasteiger partial charge is 0.0373 e. The molecular formula is C14H25N3S. The average molecular weight is 267 g/mol. The highest BCUT2D eigenvalue weighted by molar-refractivity contribution is 7.09. The Kier molecular flexibility index (Phi) is 5.18. The lowest BCUT2D eigenvalue weighted by molar-refractivity contribution is 0.0875. The lowest BCUT2D eigenvalue weighted by atomic mass is 9.99. The molecule has 0 amide bonds. The van der Waals surface area contributed by atoms with Gasteiger partial charge in [-0.05, 0) is 45.4 Å². The Bertz CT molecular complexity index is 339. The third-order valence-electron chi connectivity index (χ3n) is 4.02. The minimum atomic E-state index is 0.583. The molecule has 2 heterocycles. The van der Waals surface area contributed by atoms with Crippen molar-refractivity contribution in [3.63, 3.8) is 0 Å².